The van der Waals surface area contributed by atoms with Gasteiger partial charge in [0.25, 0.3) is 0 Å². The number of allylic oxidation sites excluding steroid dienone is 1. The lowest BCUT2D eigenvalue weighted by molar-refractivity contribution is 0.747. The summed E-state index contributed by atoms with van der Waals surface area (Å²) in [6.07, 6.45) is 0.865. The van der Waals surface area contributed by atoms with Gasteiger partial charge in [0.2, 0.25) is 0 Å². The van der Waals surface area contributed by atoms with E-state index in [0.29, 0.717) is 5.92 Å². The highest BCUT2D eigenvalue weighted by molar-refractivity contribution is 5.20. The fraction of sp³-hybridized carbons (Fsp3) is 0.273. The molecular weight excluding hydrogens is 146 g/mol. The Balaban J connectivity index is 2.65. The maximum atomic E-state index is 5.54. The van der Waals surface area contributed by atoms with Gasteiger partial charge in [-0.05, 0) is 17.9 Å². The van der Waals surface area contributed by atoms with Crippen molar-refractivity contribution in [3.63, 3.8) is 0 Å². The summed E-state index contributed by atoms with van der Waals surface area (Å²) in [6, 6.07) is 10.4. The average molecular weight is 161 g/mol. The van der Waals surface area contributed by atoms with E-state index in [4.69, 9.17) is 5.73 Å². The molecule has 1 heteroatoms. The summed E-state index contributed by atoms with van der Waals surface area (Å²) in [7, 11) is 0. The summed E-state index contributed by atoms with van der Waals surface area (Å²) in [5.74, 6) is 0.476. The third-order valence-electron chi connectivity index (χ3n) is 1.94. The fourth-order valence-electron chi connectivity index (χ4n) is 1.29. The van der Waals surface area contributed by atoms with Crippen LogP contribution in [0.5, 0.6) is 0 Å². The second kappa shape index (κ2) is 3.96. The highest BCUT2D eigenvalue weighted by Crippen LogP contribution is 2.19. The van der Waals surface area contributed by atoms with Crippen LogP contribution in [0.25, 0.3) is 0 Å². The maximum Gasteiger partial charge on any atom is 0.00135 e. The van der Waals surface area contributed by atoms with Crippen molar-refractivity contribution in [2.75, 3.05) is 0 Å². The quantitative estimate of drug-likeness (QED) is 0.724. The molecule has 0 bridgehead atoms. The number of nitrogens with two attached hydrogens (primary N) is 1. The molecule has 1 aromatic rings. The normalized spacial score (nSPS) is 12.4. The van der Waals surface area contributed by atoms with Crippen molar-refractivity contribution in [1.82, 2.24) is 0 Å². The van der Waals surface area contributed by atoms with Gasteiger partial charge in [-0.25, -0.2) is 0 Å². The Morgan fingerprint density at radius 1 is 1.42 bits per heavy atom. The van der Waals surface area contributed by atoms with Crippen molar-refractivity contribution in [2.45, 2.75) is 19.3 Å². The van der Waals surface area contributed by atoms with Crippen molar-refractivity contribution in [1.29, 1.82) is 0 Å². The van der Waals surface area contributed by atoms with E-state index in [9.17, 15) is 0 Å². The Labute approximate surface area is 73.9 Å². The minimum Gasteiger partial charge on any atom is -0.402 e. The van der Waals surface area contributed by atoms with E-state index in [1.807, 2.05) is 18.2 Å². The van der Waals surface area contributed by atoms with Gasteiger partial charge in [-0.1, -0.05) is 43.8 Å². The second-order valence-electron chi connectivity index (χ2n) is 3.17. The molecule has 1 rings (SSSR count). The molecule has 0 amide bonds. The SMILES string of the molecule is C=C(N)CC(C)c1ccccc1. The molecular formula is C11H15N. The van der Waals surface area contributed by atoms with Crippen LogP contribution in [0.1, 0.15) is 24.8 Å². The largest absolute Gasteiger partial charge is 0.402 e. The van der Waals surface area contributed by atoms with Crippen molar-refractivity contribution in [3.05, 3.63) is 48.2 Å². The first-order valence-electron chi connectivity index (χ1n) is 4.18. The Hall–Kier alpha value is -1.24. The van der Waals surface area contributed by atoms with Crippen LogP contribution in [0, 0.1) is 0 Å². The molecule has 0 radical (unpaired) electrons. The molecule has 0 aliphatic heterocycles. The zero-order valence-electron chi connectivity index (χ0n) is 7.46. The molecule has 0 saturated heterocycles. The summed E-state index contributed by atoms with van der Waals surface area (Å²) >= 11 is 0. The third kappa shape index (κ3) is 2.42. The third-order valence-corrected chi connectivity index (χ3v) is 1.94. The number of benzene rings is 1. The second-order valence-corrected chi connectivity index (χ2v) is 3.17. The molecule has 12 heavy (non-hydrogen) atoms. The first-order valence-corrected chi connectivity index (χ1v) is 4.18. The van der Waals surface area contributed by atoms with Gasteiger partial charge in [0.1, 0.15) is 0 Å². The molecule has 1 atom stereocenters. The topological polar surface area (TPSA) is 26.0 Å². The molecule has 1 aromatic carbocycles. The molecule has 0 aromatic heterocycles. The first-order chi connectivity index (χ1) is 5.70. The van der Waals surface area contributed by atoms with Crippen LogP contribution >= 0.6 is 0 Å². The van der Waals surface area contributed by atoms with Gasteiger partial charge >= 0.3 is 0 Å². The number of hydrogen-bond donors (Lipinski definition) is 1. The molecule has 64 valence electrons. The summed E-state index contributed by atoms with van der Waals surface area (Å²) in [6.45, 7) is 5.86. The molecule has 0 aliphatic carbocycles. The highest BCUT2D eigenvalue weighted by Gasteiger charge is 2.03. The van der Waals surface area contributed by atoms with Gasteiger partial charge in [-0.15, -0.1) is 0 Å². The van der Waals surface area contributed by atoms with Crippen LogP contribution < -0.4 is 5.73 Å². The molecule has 1 nitrogen and oxygen atoms in total. The van der Waals surface area contributed by atoms with Crippen molar-refractivity contribution in [2.24, 2.45) is 5.73 Å². The van der Waals surface area contributed by atoms with Gasteiger partial charge in [0.05, 0.1) is 0 Å². The van der Waals surface area contributed by atoms with Gasteiger partial charge in [0, 0.05) is 5.70 Å². The van der Waals surface area contributed by atoms with E-state index in [-0.39, 0.29) is 0 Å². The van der Waals surface area contributed by atoms with E-state index in [1.54, 1.807) is 0 Å². The summed E-state index contributed by atoms with van der Waals surface area (Å²) in [5, 5.41) is 0. The molecule has 0 saturated carbocycles. The Morgan fingerprint density at radius 2 is 2.00 bits per heavy atom. The van der Waals surface area contributed by atoms with Crippen molar-refractivity contribution < 1.29 is 0 Å². The molecule has 0 fully saturated rings. The lowest BCUT2D eigenvalue weighted by atomic mass is 9.97. The fourth-order valence-corrected chi connectivity index (χ4v) is 1.29. The molecule has 0 spiro atoms. The predicted octanol–water partition coefficient (Wildman–Crippen LogP) is 2.65. The lowest BCUT2D eigenvalue weighted by Crippen LogP contribution is -2.01. The highest BCUT2D eigenvalue weighted by atomic mass is 14.6. The maximum absolute atomic E-state index is 5.54. The van der Waals surface area contributed by atoms with Gasteiger partial charge < -0.3 is 5.73 Å². The van der Waals surface area contributed by atoms with E-state index in [2.05, 4.69) is 25.6 Å². The Morgan fingerprint density at radius 3 is 2.50 bits per heavy atom. The number of rotatable bonds is 3. The Kier molecular flexibility index (Phi) is 2.92. The van der Waals surface area contributed by atoms with Crippen LogP contribution in [0.4, 0.5) is 0 Å². The van der Waals surface area contributed by atoms with Crippen LogP contribution in [0.2, 0.25) is 0 Å². The zero-order valence-corrected chi connectivity index (χ0v) is 7.46. The predicted molar refractivity (Wildman–Crippen MR) is 52.8 cm³/mol. The van der Waals surface area contributed by atoms with E-state index >= 15 is 0 Å². The van der Waals surface area contributed by atoms with Crippen LogP contribution in [0.3, 0.4) is 0 Å². The van der Waals surface area contributed by atoms with Gasteiger partial charge in [-0.3, -0.25) is 0 Å². The van der Waals surface area contributed by atoms with Gasteiger partial charge in [0.15, 0.2) is 0 Å². The van der Waals surface area contributed by atoms with Crippen molar-refractivity contribution in [3.8, 4) is 0 Å². The molecule has 0 heterocycles. The van der Waals surface area contributed by atoms with E-state index in [1.165, 1.54) is 5.56 Å². The van der Waals surface area contributed by atoms with E-state index < -0.39 is 0 Å². The van der Waals surface area contributed by atoms with Crippen LogP contribution in [-0.2, 0) is 0 Å². The minimum absolute atomic E-state index is 0.476. The minimum atomic E-state index is 0.476. The van der Waals surface area contributed by atoms with Crippen LogP contribution in [-0.4, -0.2) is 0 Å². The molecule has 1 unspecified atom stereocenters. The van der Waals surface area contributed by atoms with E-state index in [0.717, 1.165) is 12.1 Å². The average Bonchev–Trinajstić information content (AvgIpc) is 2.05. The summed E-state index contributed by atoms with van der Waals surface area (Å²) in [4.78, 5) is 0. The lowest BCUT2D eigenvalue weighted by Gasteiger charge is -2.10. The smallest absolute Gasteiger partial charge is 0.00135 e. The summed E-state index contributed by atoms with van der Waals surface area (Å²) < 4.78 is 0. The Bertz CT molecular complexity index is 251. The monoisotopic (exact) mass is 161 g/mol. The zero-order chi connectivity index (χ0) is 8.97. The number of hydrogen-bond acceptors (Lipinski definition) is 1. The van der Waals surface area contributed by atoms with Gasteiger partial charge in [-0.2, -0.15) is 0 Å². The molecule has 0 aliphatic rings. The standard InChI is InChI=1S/C11H15N/c1-9(8-10(2)12)11-6-4-3-5-7-11/h3-7,9H,2,8,12H2,1H3. The van der Waals surface area contributed by atoms with Crippen LogP contribution in [0.15, 0.2) is 42.6 Å². The first kappa shape index (κ1) is 8.85. The van der Waals surface area contributed by atoms with Crippen molar-refractivity contribution >= 4 is 0 Å². The summed E-state index contributed by atoms with van der Waals surface area (Å²) in [5.41, 5.74) is 7.62. The molecule has 2 N–H and O–H groups in total.